The van der Waals surface area contributed by atoms with Crippen LogP contribution in [0.1, 0.15) is 33.6 Å². The van der Waals surface area contributed by atoms with Gasteiger partial charge in [-0.25, -0.2) is 4.79 Å². The molecule has 0 spiro atoms. The number of ether oxygens (including phenoxy) is 1. The van der Waals surface area contributed by atoms with Gasteiger partial charge in [-0.1, -0.05) is 25.5 Å². The van der Waals surface area contributed by atoms with Crippen molar-refractivity contribution in [3.8, 4) is 0 Å². The van der Waals surface area contributed by atoms with Gasteiger partial charge in [-0.3, -0.25) is 0 Å². The molecule has 0 aromatic carbocycles. The SMILES string of the molecule is CC(=CC1=C(CC(C)C)C(=O)OC1)CCO. The van der Waals surface area contributed by atoms with Crippen LogP contribution in [0.2, 0.25) is 0 Å². The number of aliphatic hydroxyl groups excluding tert-OH is 1. The molecule has 0 aromatic heterocycles. The summed E-state index contributed by atoms with van der Waals surface area (Å²) in [5.74, 6) is 0.263. The molecule has 3 heteroatoms. The zero-order valence-electron chi connectivity index (χ0n) is 10.2. The lowest BCUT2D eigenvalue weighted by molar-refractivity contribution is -0.136. The van der Waals surface area contributed by atoms with Crippen LogP contribution in [0.25, 0.3) is 0 Å². The lowest BCUT2D eigenvalue weighted by Crippen LogP contribution is -2.02. The molecular weight excluding hydrogens is 204 g/mol. The van der Waals surface area contributed by atoms with E-state index < -0.39 is 0 Å². The molecular formula is C13H20O3. The molecule has 1 N–H and O–H groups in total. The molecule has 0 radical (unpaired) electrons. The minimum atomic E-state index is -0.184. The van der Waals surface area contributed by atoms with Crippen molar-refractivity contribution >= 4 is 5.97 Å². The van der Waals surface area contributed by atoms with Crippen LogP contribution in [-0.4, -0.2) is 24.3 Å². The van der Waals surface area contributed by atoms with Crippen LogP contribution >= 0.6 is 0 Å². The van der Waals surface area contributed by atoms with Crippen LogP contribution < -0.4 is 0 Å². The molecule has 3 nitrogen and oxygen atoms in total. The quantitative estimate of drug-likeness (QED) is 0.728. The molecule has 1 rings (SSSR count). The summed E-state index contributed by atoms with van der Waals surface area (Å²) < 4.78 is 5.04. The molecule has 0 aliphatic carbocycles. The van der Waals surface area contributed by atoms with E-state index in [9.17, 15) is 4.79 Å². The number of carbonyl (C=O) groups excluding carboxylic acids is 1. The molecule has 90 valence electrons. The second kappa shape index (κ2) is 5.85. The normalized spacial score (nSPS) is 17.3. The van der Waals surface area contributed by atoms with Crippen LogP contribution in [0.5, 0.6) is 0 Å². The van der Waals surface area contributed by atoms with Gasteiger partial charge in [0.2, 0.25) is 0 Å². The Morgan fingerprint density at radius 3 is 2.81 bits per heavy atom. The van der Waals surface area contributed by atoms with Crippen LogP contribution in [0.3, 0.4) is 0 Å². The van der Waals surface area contributed by atoms with Gasteiger partial charge in [-0.05, 0) is 31.3 Å². The minimum absolute atomic E-state index is 0.143. The van der Waals surface area contributed by atoms with Crippen molar-refractivity contribution in [2.75, 3.05) is 13.2 Å². The van der Waals surface area contributed by atoms with Gasteiger partial charge >= 0.3 is 5.97 Å². The number of cyclic esters (lactones) is 1. The van der Waals surface area contributed by atoms with Crippen molar-refractivity contribution in [1.82, 2.24) is 0 Å². The van der Waals surface area contributed by atoms with Crippen LogP contribution in [0.15, 0.2) is 22.8 Å². The number of hydrogen-bond acceptors (Lipinski definition) is 3. The Kier molecular flexibility index (Phi) is 4.74. The standard InChI is InChI=1S/C13H20O3/c1-9(2)6-12-11(8-16-13(12)15)7-10(3)4-5-14/h7,9,14H,4-6,8H2,1-3H3. The van der Waals surface area contributed by atoms with Gasteiger partial charge in [0.05, 0.1) is 0 Å². The lowest BCUT2D eigenvalue weighted by Gasteiger charge is -2.04. The third-order valence-corrected chi connectivity index (χ3v) is 2.53. The lowest BCUT2D eigenvalue weighted by atomic mass is 9.98. The van der Waals surface area contributed by atoms with Gasteiger partial charge in [0.25, 0.3) is 0 Å². The Bertz CT molecular complexity index is 324. The van der Waals surface area contributed by atoms with Crippen molar-refractivity contribution in [3.63, 3.8) is 0 Å². The second-order valence-corrected chi connectivity index (χ2v) is 4.64. The smallest absolute Gasteiger partial charge is 0.334 e. The monoisotopic (exact) mass is 224 g/mol. The number of hydrogen-bond donors (Lipinski definition) is 1. The Labute approximate surface area is 96.8 Å². The molecule has 1 heterocycles. The summed E-state index contributed by atoms with van der Waals surface area (Å²) in [5, 5.41) is 8.82. The summed E-state index contributed by atoms with van der Waals surface area (Å²) in [6.07, 6.45) is 3.38. The fourth-order valence-electron chi connectivity index (χ4n) is 1.75. The van der Waals surface area contributed by atoms with E-state index >= 15 is 0 Å². The van der Waals surface area contributed by atoms with E-state index in [2.05, 4.69) is 13.8 Å². The number of carbonyl (C=O) groups is 1. The van der Waals surface area contributed by atoms with Crippen LogP contribution in [-0.2, 0) is 9.53 Å². The average Bonchev–Trinajstić information content (AvgIpc) is 2.49. The van der Waals surface area contributed by atoms with E-state index in [0.717, 1.165) is 23.1 Å². The van der Waals surface area contributed by atoms with Gasteiger partial charge in [0, 0.05) is 12.2 Å². The van der Waals surface area contributed by atoms with E-state index in [1.807, 2.05) is 13.0 Å². The van der Waals surface area contributed by atoms with Gasteiger partial charge in [-0.2, -0.15) is 0 Å². The van der Waals surface area contributed by atoms with Crippen molar-refractivity contribution < 1.29 is 14.6 Å². The van der Waals surface area contributed by atoms with E-state index in [4.69, 9.17) is 9.84 Å². The Hall–Kier alpha value is -1.09. The van der Waals surface area contributed by atoms with Crippen LogP contribution in [0, 0.1) is 5.92 Å². The second-order valence-electron chi connectivity index (χ2n) is 4.64. The molecule has 0 aromatic rings. The minimum Gasteiger partial charge on any atom is -0.457 e. The highest BCUT2D eigenvalue weighted by molar-refractivity contribution is 5.92. The zero-order valence-corrected chi connectivity index (χ0v) is 10.2. The van der Waals surface area contributed by atoms with Crippen molar-refractivity contribution in [2.45, 2.75) is 33.6 Å². The number of esters is 1. The fraction of sp³-hybridized carbons (Fsp3) is 0.615. The molecule has 0 bridgehead atoms. The third kappa shape index (κ3) is 3.49. The van der Waals surface area contributed by atoms with E-state index in [1.54, 1.807) is 0 Å². The summed E-state index contributed by atoms with van der Waals surface area (Å²) in [5.41, 5.74) is 2.86. The Balaban J connectivity index is 2.85. The number of rotatable bonds is 5. The molecule has 0 fully saturated rings. The fourth-order valence-corrected chi connectivity index (χ4v) is 1.75. The molecule has 0 saturated carbocycles. The predicted molar refractivity (Wildman–Crippen MR) is 62.9 cm³/mol. The molecule has 0 unspecified atom stereocenters. The van der Waals surface area contributed by atoms with Gasteiger partial charge < -0.3 is 9.84 Å². The summed E-state index contributed by atoms with van der Waals surface area (Å²) in [6, 6.07) is 0. The number of aliphatic hydroxyl groups is 1. The molecule has 1 aliphatic heterocycles. The zero-order chi connectivity index (χ0) is 12.1. The predicted octanol–water partition coefficient (Wildman–Crippen LogP) is 2.21. The Morgan fingerprint density at radius 2 is 2.25 bits per heavy atom. The van der Waals surface area contributed by atoms with E-state index in [1.165, 1.54) is 0 Å². The van der Waals surface area contributed by atoms with Gasteiger partial charge in [0.1, 0.15) is 6.61 Å². The summed E-state index contributed by atoms with van der Waals surface area (Å²) >= 11 is 0. The summed E-state index contributed by atoms with van der Waals surface area (Å²) in [6.45, 7) is 6.65. The highest BCUT2D eigenvalue weighted by Gasteiger charge is 2.23. The first-order valence-corrected chi connectivity index (χ1v) is 5.71. The van der Waals surface area contributed by atoms with Crippen molar-refractivity contribution in [1.29, 1.82) is 0 Å². The van der Waals surface area contributed by atoms with Crippen LogP contribution in [0.4, 0.5) is 0 Å². The van der Waals surface area contributed by atoms with Gasteiger partial charge in [-0.15, -0.1) is 0 Å². The highest BCUT2D eigenvalue weighted by Crippen LogP contribution is 2.24. The van der Waals surface area contributed by atoms with Gasteiger partial charge in [0.15, 0.2) is 0 Å². The summed E-state index contributed by atoms with van der Waals surface area (Å²) in [7, 11) is 0. The molecule has 0 amide bonds. The maximum absolute atomic E-state index is 11.5. The van der Waals surface area contributed by atoms with Crippen molar-refractivity contribution in [3.05, 3.63) is 22.8 Å². The molecule has 16 heavy (non-hydrogen) atoms. The average molecular weight is 224 g/mol. The topological polar surface area (TPSA) is 46.5 Å². The third-order valence-electron chi connectivity index (χ3n) is 2.53. The molecule has 0 atom stereocenters. The first-order valence-electron chi connectivity index (χ1n) is 5.71. The summed E-state index contributed by atoms with van der Waals surface area (Å²) in [4.78, 5) is 11.5. The first kappa shape index (κ1) is 13.0. The van der Waals surface area contributed by atoms with Crippen molar-refractivity contribution in [2.24, 2.45) is 5.92 Å². The highest BCUT2D eigenvalue weighted by atomic mass is 16.5. The maximum atomic E-state index is 11.5. The maximum Gasteiger partial charge on any atom is 0.334 e. The van der Waals surface area contributed by atoms with E-state index in [0.29, 0.717) is 18.9 Å². The van der Waals surface area contributed by atoms with E-state index in [-0.39, 0.29) is 12.6 Å². The molecule has 0 saturated heterocycles. The molecule has 1 aliphatic rings. The Morgan fingerprint density at radius 1 is 1.56 bits per heavy atom. The first-order chi connectivity index (χ1) is 7.54. The largest absolute Gasteiger partial charge is 0.457 e.